The van der Waals surface area contributed by atoms with Crippen molar-refractivity contribution in [2.45, 2.75) is 0 Å². The third-order valence-corrected chi connectivity index (χ3v) is 1.91. The Morgan fingerprint density at radius 3 is 2.85 bits per heavy atom. The van der Waals surface area contributed by atoms with E-state index in [0.29, 0.717) is 10.0 Å². The smallest absolute Gasteiger partial charge is 0.166 e. The van der Waals surface area contributed by atoms with Crippen LogP contribution in [0.5, 0.6) is 5.75 Å². The van der Waals surface area contributed by atoms with E-state index in [0.717, 1.165) is 0 Å². The van der Waals surface area contributed by atoms with Gasteiger partial charge in [-0.2, -0.15) is 5.10 Å². The highest BCUT2D eigenvalue weighted by atomic mass is 79.9. The molecule has 1 rings (SSSR count). The van der Waals surface area contributed by atoms with Crippen molar-refractivity contribution in [1.29, 1.82) is 0 Å². The Balaban J connectivity index is 3.29. The van der Waals surface area contributed by atoms with Crippen molar-refractivity contribution in [2.75, 3.05) is 7.11 Å². The molecule has 0 amide bonds. The van der Waals surface area contributed by atoms with Gasteiger partial charge in [0.2, 0.25) is 0 Å². The lowest BCUT2D eigenvalue weighted by Crippen LogP contribution is -1.96. The van der Waals surface area contributed by atoms with Crippen LogP contribution in [0, 0.1) is 5.82 Å². The molecule has 1 aromatic rings. The minimum absolute atomic E-state index is 0.136. The molecule has 0 unspecified atom stereocenters. The van der Waals surface area contributed by atoms with Crippen LogP contribution in [-0.4, -0.2) is 13.3 Å². The van der Waals surface area contributed by atoms with E-state index in [1.54, 1.807) is 6.07 Å². The first-order valence-corrected chi connectivity index (χ1v) is 4.24. The number of hydrogen-bond donors (Lipinski definition) is 1. The minimum Gasteiger partial charge on any atom is -0.493 e. The molecule has 0 saturated heterocycles. The number of methoxy groups -OCH3 is 1. The van der Waals surface area contributed by atoms with E-state index in [1.807, 2.05) is 0 Å². The minimum atomic E-state index is -0.452. The van der Waals surface area contributed by atoms with Gasteiger partial charge >= 0.3 is 0 Å². The maximum Gasteiger partial charge on any atom is 0.166 e. The lowest BCUT2D eigenvalue weighted by atomic mass is 10.2. The van der Waals surface area contributed by atoms with Crippen LogP contribution >= 0.6 is 15.9 Å². The van der Waals surface area contributed by atoms with Crippen LogP contribution in [0.3, 0.4) is 0 Å². The third kappa shape index (κ3) is 2.18. The second-order valence-electron chi connectivity index (χ2n) is 2.29. The van der Waals surface area contributed by atoms with Gasteiger partial charge in [-0.3, -0.25) is 0 Å². The molecule has 0 fully saturated rings. The monoisotopic (exact) mass is 246 g/mol. The molecule has 13 heavy (non-hydrogen) atoms. The van der Waals surface area contributed by atoms with Crippen LogP contribution in [-0.2, 0) is 0 Å². The van der Waals surface area contributed by atoms with Crippen LogP contribution in [0.15, 0.2) is 21.7 Å². The quantitative estimate of drug-likeness (QED) is 0.492. The maximum atomic E-state index is 13.2. The molecule has 0 atom stereocenters. The van der Waals surface area contributed by atoms with Crippen molar-refractivity contribution < 1.29 is 9.13 Å². The molecule has 1 aromatic carbocycles. The number of halogens is 2. The summed E-state index contributed by atoms with van der Waals surface area (Å²) in [7, 11) is 1.39. The molecule has 70 valence electrons. The molecule has 5 heteroatoms. The van der Waals surface area contributed by atoms with Crippen LogP contribution in [0.4, 0.5) is 4.39 Å². The summed E-state index contributed by atoms with van der Waals surface area (Å²) >= 11 is 3.15. The first-order chi connectivity index (χ1) is 6.19. The van der Waals surface area contributed by atoms with Crippen molar-refractivity contribution >= 4 is 22.1 Å². The first kappa shape index (κ1) is 9.98. The summed E-state index contributed by atoms with van der Waals surface area (Å²) in [6.07, 6.45) is 1.33. The molecule has 0 aliphatic carbocycles. The van der Waals surface area contributed by atoms with Crippen molar-refractivity contribution in [2.24, 2.45) is 10.9 Å². The van der Waals surface area contributed by atoms with Crippen LogP contribution in [0.1, 0.15) is 5.56 Å². The number of nitrogens with two attached hydrogens (primary N) is 1. The average Bonchev–Trinajstić information content (AvgIpc) is 2.04. The standard InChI is InChI=1S/C8H8BrFN2O/c1-13-8-5(4-12-11)2-6(9)3-7(8)10/h2-4H,11H2,1H3. The molecule has 0 radical (unpaired) electrons. The number of rotatable bonds is 2. The molecule has 0 aromatic heterocycles. The van der Waals surface area contributed by atoms with E-state index in [2.05, 4.69) is 21.0 Å². The van der Waals surface area contributed by atoms with E-state index in [4.69, 9.17) is 10.6 Å². The zero-order valence-corrected chi connectivity index (χ0v) is 8.51. The number of ether oxygens (including phenoxy) is 1. The van der Waals surface area contributed by atoms with Crippen LogP contribution < -0.4 is 10.6 Å². The fourth-order valence-electron chi connectivity index (χ4n) is 0.972. The van der Waals surface area contributed by atoms with Gasteiger partial charge in [-0.25, -0.2) is 4.39 Å². The van der Waals surface area contributed by atoms with Gasteiger partial charge in [0.15, 0.2) is 11.6 Å². The van der Waals surface area contributed by atoms with Crippen LogP contribution in [0.25, 0.3) is 0 Å². The third-order valence-electron chi connectivity index (χ3n) is 1.45. The SMILES string of the molecule is COc1c(F)cc(Br)cc1C=NN. The average molecular weight is 247 g/mol. The number of benzene rings is 1. The molecular weight excluding hydrogens is 239 g/mol. The molecule has 0 saturated carbocycles. The van der Waals surface area contributed by atoms with Gasteiger partial charge in [-0.05, 0) is 12.1 Å². The molecule has 0 spiro atoms. The second-order valence-corrected chi connectivity index (χ2v) is 3.20. The summed E-state index contributed by atoms with van der Waals surface area (Å²) in [6.45, 7) is 0. The second kappa shape index (κ2) is 4.23. The Morgan fingerprint density at radius 2 is 2.31 bits per heavy atom. The van der Waals surface area contributed by atoms with Crippen molar-refractivity contribution in [3.8, 4) is 5.75 Å². The molecule has 2 N–H and O–H groups in total. The van der Waals surface area contributed by atoms with Gasteiger partial charge in [0.1, 0.15) is 0 Å². The van der Waals surface area contributed by atoms with Crippen molar-refractivity contribution in [3.63, 3.8) is 0 Å². The molecule has 0 aliphatic heterocycles. The number of hydrazone groups is 1. The van der Waals surface area contributed by atoms with Gasteiger partial charge < -0.3 is 10.6 Å². The highest BCUT2D eigenvalue weighted by Crippen LogP contribution is 2.25. The van der Waals surface area contributed by atoms with E-state index in [-0.39, 0.29) is 5.75 Å². The normalized spacial score (nSPS) is 10.7. The van der Waals surface area contributed by atoms with E-state index in [1.165, 1.54) is 19.4 Å². The lowest BCUT2D eigenvalue weighted by Gasteiger charge is -2.05. The molecule has 0 bridgehead atoms. The van der Waals surface area contributed by atoms with Gasteiger partial charge in [0.05, 0.1) is 13.3 Å². The predicted molar refractivity (Wildman–Crippen MR) is 52.4 cm³/mol. The predicted octanol–water partition coefficient (Wildman–Crippen LogP) is 1.89. The number of nitrogens with zero attached hydrogens (tertiary/aromatic N) is 1. The summed E-state index contributed by atoms with van der Waals surface area (Å²) in [5.74, 6) is 4.64. The zero-order chi connectivity index (χ0) is 9.84. The molecular formula is C8H8BrFN2O. The van der Waals surface area contributed by atoms with E-state index < -0.39 is 5.82 Å². The van der Waals surface area contributed by atoms with Crippen molar-refractivity contribution in [1.82, 2.24) is 0 Å². The first-order valence-electron chi connectivity index (χ1n) is 3.45. The van der Waals surface area contributed by atoms with Gasteiger partial charge in [0.25, 0.3) is 0 Å². The largest absolute Gasteiger partial charge is 0.493 e. The van der Waals surface area contributed by atoms with Crippen LogP contribution in [0.2, 0.25) is 0 Å². The highest BCUT2D eigenvalue weighted by molar-refractivity contribution is 9.10. The van der Waals surface area contributed by atoms with Gasteiger partial charge in [0, 0.05) is 10.0 Å². The summed E-state index contributed by atoms with van der Waals surface area (Å²) in [6, 6.07) is 2.98. The van der Waals surface area contributed by atoms with Gasteiger partial charge in [-0.1, -0.05) is 15.9 Å². The Morgan fingerprint density at radius 1 is 1.62 bits per heavy atom. The number of hydrogen-bond acceptors (Lipinski definition) is 3. The summed E-state index contributed by atoms with van der Waals surface area (Å²) in [4.78, 5) is 0. The molecule has 0 heterocycles. The Hall–Kier alpha value is -1.10. The zero-order valence-electron chi connectivity index (χ0n) is 6.92. The fourth-order valence-corrected chi connectivity index (χ4v) is 1.42. The summed E-state index contributed by atoms with van der Waals surface area (Å²) < 4.78 is 18.6. The fraction of sp³-hybridized carbons (Fsp3) is 0.125. The Bertz CT molecular complexity index is 341. The van der Waals surface area contributed by atoms with Crippen molar-refractivity contribution in [3.05, 3.63) is 28.0 Å². The lowest BCUT2D eigenvalue weighted by molar-refractivity contribution is 0.385. The van der Waals surface area contributed by atoms with E-state index in [9.17, 15) is 4.39 Å². The summed E-state index contributed by atoms with van der Waals surface area (Å²) in [5.41, 5.74) is 0.497. The molecule has 3 nitrogen and oxygen atoms in total. The topological polar surface area (TPSA) is 47.6 Å². The Labute approximate surface area is 83.5 Å². The summed E-state index contributed by atoms with van der Waals surface area (Å²) in [5, 5.41) is 3.30. The Kier molecular flexibility index (Phi) is 3.25. The molecule has 0 aliphatic rings. The maximum absolute atomic E-state index is 13.2. The van der Waals surface area contributed by atoms with Gasteiger partial charge in [-0.15, -0.1) is 0 Å². The van der Waals surface area contributed by atoms with E-state index >= 15 is 0 Å². The highest BCUT2D eigenvalue weighted by Gasteiger charge is 2.08.